The van der Waals surface area contributed by atoms with Crippen LogP contribution < -0.4 is 0 Å². The first-order chi connectivity index (χ1) is 6.48. The highest BCUT2D eigenvalue weighted by Crippen LogP contribution is 2.41. The van der Waals surface area contributed by atoms with E-state index in [1.54, 1.807) is 0 Å². The molecule has 1 N–H and O–H groups in total. The van der Waals surface area contributed by atoms with Gasteiger partial charge in [0, 0.05) is 12.0 Å². The SMILES string of the molecule is O[C@H]1C[C@@H](C(F)(F)F)Cc2occc21. The van der Waals surface area contributed by atoms with Crippen LogP contribution in [0.15, 0.2) is 16.7 Å². The molecule has 1 aliphatic carbocycles. The average Bonchev–Trinajstić information content (AvgIpc) is 2.50. The third-order valence-electron chi connectivity index (χ3n) is 2.54. The molecule has 0 aliphatic heterocycles. The molecule has 14 heavy (non-hydrogen) atoms. The number of rotatable bonds is 0. The molecule has 0 amide bonds. The summed E-state index contributed by atoms with van der Waals surface area (Å²) >= 11 is 0. The second-order valence-electron chi connectivity index (χ2n) is 3.49. The summed E-state index contributed by atoms with van der Waals surface area (Å²) in [6.07, 6.45) is -4.43. The Morgan fingerprint density at radius 3 is 2.79 bits per heavy atom. The van der Waals surface area contributed by atoms with Crippen LogP contribution in [0.1, 0.15) is 23.8 Å². The van der Waals surface area contributed by atoms with Crippen LogP contribution in [0.4, 0.5) is 13.2 Å². The van der Waals surface area contributed by atoms with Crippen LogP contribution in [0.25, 0.3) is 0 Å². The quantitative estimate of drug-likeness (QED) is 0.707. The lowest BCUT2D eigenvalue weighted by molar-refractivity contribution is -0.185. The minimum absolute atomic E-state index is 0.164. The van der Waals surface area contributed by atoms with Crippen molar-refractivity contribution in [1.82, 2.24) is 0 Å². The molecule has 0 saturated heterocycles. The Labute approximate surface area is 78.3 Å². The van der Waals surface area contributed by atoms with Gasteiger partial charge in [-0.3, -0.25) is 0 Å². The Morgan fingerprint density at radius 1 is 1.43 bits per heavy atom. The standard InChI is InChI=1S/C9H9F3O2/c10-9(11,12)5-3-7(13)6-1-2-14-8(6)4-5/h1-2,5,7,13H,3-4H2/t5-,7+/m1/s1. The van der Waals surface area contributed by atoms with Gasteiger partial charge in [-0.05, 0) is 12.5 Å². The zero-order valence-corrected chi connectivity index (χ0v) is 7.21. The molecular weight excluding hydrogens is 197 g/mol. The summed E-state index contributed by atoms with van der Waals surface area (Å²) in [5.41, 5.74) is 0.491. The maximum atomic E-state index is 12.4. The Kier molecular flexibility index (Phi) is 2.06. The molecule has 0 bridgehead atoms. The highest BCUT2D eigenvalue weighted by molar-refractivity contribution is 5.23. The van der Waals surface area contributed by atoms with E-state index < -0.39 is 18.2 Å². The van der Waals surface area contributed by atoms with E-state index in [0.29, 0.717) is 5.56 Å². The molecule has 2 rings (SSSR count). The molecule has 0 radical (unpaired) electrons. The van der Waals surface area contributed by atoms with Crippen molar-refractivity contribution < 1.29 is 22.7 Å². The van der Waals surface area contributed by atoms with Crippen molar-refractivity contribution in [3.05, 3.63) is 23.7 Å². The van der Waals surface area contributed by atoms with Crippen LogP contribution in [0, 0.1) is 5.92 Å². The normalized spacial score (nSPS) is 27.4. The van der Waals surface area contributed by atoms with Crippen molar-refractivity contribution >= 4 is 0 Å². The van der Waals surface area contributed by atoms with E-state index in [0.717, 1.165) is 0 Å². The monoisotopic (exact) mass is 206 g/mol. The van der Waals surface area contributed by atoms with Gasteiger partial charge in [-0.15, -0.1) is 0 Å². The van der Waals surface area contributed by atoms with Crippen LogP contribution in [0.5, 0.6) is 0 Å². The lowest BCUT2D eigenvalue weighted by Crippen LogP contribution is -2.30. The number of alkyl halides is 3. The lowest BCUT2D eigenvalue weighted by atomic mass is 9.86. The van der Waals surface area contributed by atoms with Gasteiger partial charge in [0.25, 0.3) is 0 Å². The second kappa shape index (κ2) is 3.02. The molecule has 0 unspecified atom stereocenters. The Morgan fingerprint density at radius 2 is 2.14 bits per heavy atom. The van der Waals surface area contributed by atoms with Crippen LogP contribution in [-0.4, -0.2) is 11.3 Å². The molecule has 0 saturated carbocycles. The fourth-order valence-electron chi connectivity index (χ4n) is 1.77. The van der Waals surface area contributed by atoms with Gasteiger partial charge in [0.15, 0.2) is 0 Å². The molecule has 5 heteroatoms. The molecule has 0 spiro atoms. The van der Waals surface area contributed by atoms with Crippen molar-refractivity contribution in [3.63, 3.8) is 0 Å². The molecule has 2 nitrogen and oxygen atoms in total. The zero-order valence-electron chi connectivity index (χ0n) is 7.21. The second-order valence-corrected chi connectivity index (χ2v) is 3.49. The van der Waals surface area contributed by atoms with Crippen molar-refractivity contribution in [1.29, 1.82) is 0 Å². The fraction of sp³-hybridized carbons (Fsp3) is 0.556. The highest BCUT2D eigenvalue weighted by atomic mass is 19.4. The van der Waals surface area contributed by atoms with Gasteiger partial charge in [-0.2, -0.15) is 13.2 Å². The highest BCUT2D eigenvalue weighted by Gasteiger charge is 2.44. The van der Waals surface area contributed by atoms with Gasteiger partial charge in [-0.1, -0.05) is 0 Å². The van der Waals surface area contributed by atoms with E-state index in [2.05, 4.69) is 0 Å². The summed E-state index contributed by atoms with van der Waals surface area (Å²) in [5, 5.41) is 9.42. The van der Waals surface area contributed by atoms with E-state index >= 15 is 0 Å². The molecule has 1 aromatic heterocycles. The summed E-state index contributed by atoms with van der Waals surface area (Å²) in [7, 11) is 0. The number of aliphatic hydroxyl groups excluding tert-OH is 1. The number of aliphatic hydroxyl groups is 1. The van der Waals surface area contributed by atoms with Crippen LogP contribution >= 0.6 is 0 Å². The van der Waals surface area contributed by atoms with Gasteiger partial charge >= 0.3 is 6.18 Å². The third-order valence-corrected chi connectivity index (χ3v) is 2.54. The van der Waals surface area contributed by atoms with Crippen LogP contribution in [0.3, 0.4) is 0 Å². The summed E-state index contributed by atoms with van der Waals surface area (Å²) in [4.78, 5) is 0. The van der Waals surface area contributed by atoms with E-state index in [9.17, 15) is 18.3 Å². The average molecular weight is 206 g/mol. The fourth-order valence-corrected chi connectivity index (χ4v) is 1.77. The first-order valence-corrected chi connectivity index (χ1v) is 4.29. The number of hydrogen-bond donors (Lipinski definition) is 1. The molecule has 1 aromatic rings. The first-order valence-electron chi connectivity index (χ1n) is 4.29. The van der Waals surface area contributed by atoms with Gasteiger partial charge < -0.3 is 9.52 Å². The predicted molar refractivity (Wildman–Crippen MR) is 41.5 cm³/mol. The van der Waals surface area contributed by atoms with Gasteiger partial charge in [-0.25, -0.2) is 0 Å². The van der Waals surface area contributed by atoms with E-state index in [4.69, 9.17) is 4.42 Å². The number of furan rings is 1. The lowest BCUT2D eigenvalue weighted by Gasteiger charge is -2.26. The summed E-state index contributed by atoms with van der Waals surface area (Å²) in [6, 6.07) is 1.52. The predicted octanol–water partition coefficient (Wildman–Crippen LogP) is 2.44. The Bertz CT molecular complexity index is 329. The van der Waals surface area contributed by atoms with E-state index in [1.165, 1.54) is 12.3 Å². The minimum atomic E-state index is -4.26. The molecule has 1 heterocycles. The maximum absolute atomic E-state index is 12.4. The van der Waals surface area contributed by atoms with E-state index in [-0.39, 0.29) is 18.6 Å². The van der Waals surface area contributed by atoms with Crippen LogP contribution in [-0.2, 0) is 6.42 Å². The summed E-state index contributed by atoms with van der Waals surface area (Å²) in [6.45, 7) is 0. The van der Waals surface area contributed by atoms with Crippen LogP contribution in [0.2, 0.25) is 0 Å². The number of halogens is 3. The number of hydrogen-bond acceptors (Lipinski definition) is 2. The van der Waals surface area contributed by atoms with Crippen molar-refractivity contribution in [2.24, 2.45) is 5.92 Å². The molecule has 2 atom stereocenters. The molecule has 0 aromatic carbocycles. The zero-order chi connectivity index (χ0) is 10.3. The van der Waals surface area contributed by atoms with E-state index in [1.807, 2.05) is 0 Å². The minimum Gasteiger partial charge on any atom is -0.469 e. The molecule has 78 valence electrons. The maximum Gasteiger partial charge on any atom is 0.392 e. The van der Waals surface area contributed by atoms with Crippen molar-refractivity contribution in [3.8, 4) is 0 Å². The Hall–Kier alpha value is -0.970. The van der Waals surface area contributed by atoms with Gasteiger partial charge in [0.2, 0.25) is 0 Å². The van der Waals surface area contributed by atoms with Crippen molar-refractivity contribution in [2.75, 3.05) is 0 Å². The van der Waals surface area contributed by atoms with Gasteiger partial charge in [0.1, 0.15) is 5.76 Å². The summed E-state index contributed by atoms with van der Waals surface area (Å²) in [5.74, 6) is -1.23. The van der Waals surface area contributed by atoms with Gasteiger partial charge in [0.05, 0.1) is 18.3 Å². The molecule has 1 aliphatic rings. The van der Waals surface area contributed by atoms with Crippen molar-refractivity contribution in [2.45, 2.75) is 25.1 Å². The summed E-state index contributed by atoms with van der Waals surface area (Å²) < 4.78 is 42.0. The third kappa shape index (κ3) is 1.52. The molecule has 0 fully saturated rings. The first kappa shape index (κ1) is 9.58. The largest absolute Gasteiger partial charge is 0.469 e. The molecular formula is C9H9F3O2. The smallest absolute Gasteiger partial charge is 0.392 e. The topological polar surface area (TPSA) is 33.4 Å². The Balaban J connectivity index is 2.26. The number of fused-ring (bicyclic) bond motifs is 1.